The van der Waals surface area contributed by atoms with Gasteiger partial charge in [-0.15, -0.1) is 0 Å². The third kappa shape index (κ3) is 26.8. The van der Waals surface area contributed by atoms with Gasteiger partial charge in [-0.3, -0.25) is 4.79 Å². The minimum absolute atomic E-state index is 0.266. The van der Waals surface area contributed by atoms with E-state index in [4.69, 9.17) is 9.47 Å². The van der Waals surface area contributed by atoms with E-state index in [2.05, 4.69) is 19.2 Å². The highest BCUT2D eigenvalue weighted by atomic mass is 16.7. The summed E-state index contributed by atoms with van der Waals surface area (Å²) in [6.07, 6.45) is 26.0. The molecule has 0 aromatic carbocycles. The highest BCUT2D eigenvalue weighted by Gasteiger charge is 2.44. The molecule has 11 nitrogen and oxygen atoms in total. The van der Waals surface area contributed by atoms with E-state index in [0.717, 1.165) is 38.5 Å². The molecule has 0 aromatic heterocycles. The first kappa shape index (κ1) is 54.1. The highest BCUT2D eigenvalue weighted by Crippen LogP contribution is 2.23. The summed E-state index contributed by atoms with van der Waals surface area (Å²) < 4.78 is 11.1. The van der Waals surface area contributed by atoms with Crippen LogP contribution in [0.1, 0.15) is 219 Å². The maximum Gasteiger partial charge on any atom is 0.249 e. The fourth-order valence-corrected chi connectivity index (χ4v) is 7.91. The Hall–Kier alpha value is -0.890. The van der Waals surface area contributed by atoms with Crippen molar-refractivity contribution in [2.24, 2.45) is 0 Å². The van der Waals surface area contributed by atoms with Crippen molar-refractivity contribution < 1.29 is 50.0 Å². The van der Waals surface area contributed by atoms with E-state index in [1.807, 2.05) is 0 Å². The fraction of sp³-hybridized carbons (Fsp3) is 0.978. The topological polar surface area (TPSA) is 189 Å². The van der Waals surface area contributed by atoms with E-state index in [9.17, 15) is 40.5 Å². The van der Waals surface area contributed by atoms with Crippen LogP contribution in [0.15, 0.2) is 0 Å². The van der Waals surface area contributed by atoms with Gasteiger partial charge < -0.3 is 50.5 Å². The number of nitrogens with one attached hydrogen (secondary N) is 1. The second-order valence-electron chi connectivity index (χ2n) is 17.2. The lowest BCUT2D eigenvalue weighted by molar-refractivity contribution is -0.303. The molecule has 1 saturated heterocycles. The monoisotopic (exact) mass is 818 g/mol. The van der Waals surface area contributed by atoms with Crippen LogP contribution in [-0.2, 0) is 14.3 Å². The number of aliphatic hydroxyl groups excluding tert-OH is 7. The zero-order valence-corrected chi connectivity index (χ0v) is 36.6. The lowest BCUT2D eigenvalue weighted by atomic mass is 9.98. The van der Waals surface area contributed by atoms with Gasteiger partial charge in [0.15, 0.2) is 6.29 Å². The summed E-state index contributed by atoms with van der Waals surface area (Å²) in [7, 11) is 0. The Morgan fingerprint density at radius 2 is 0.912 bits per heavy atom. The number of carbonyl (C=O) groups excluding carboxylic acids is 1. The number of amides is 1. The van der Waals surface area contributed by atoms with Crippen molar-refractivity contribution in [3.8, 4) is 0 Å². The van der Waals surface area contributed by atoms with Gasteiger partial charge in [0.25, 0.3) is 0 Å². The van der Waals surface area contributed by atoms with Crippen LogP contribution in [-0.4, -0.2) is 110 Å². The molecule has 340 valence electrons. The summed E-state index contributed by atoms with van der Waals surface area (Å²) in [4.78, 5) is 13.1. The van der Waals surface area contributed by atoms with Crippen LogP contribution >= 0.6 is 0 Å². The van der Waals surface area contributed by atoms with Gasteiger partial charge >= 0.3 is 0 Å². The van der Waals surface area contributed by atoms with Gasteiger partial charge in [0.1, 0.15) is 36.6 Å². The Kier molecular flexibility index (Phi) is 35.1. The van der Waals surface area contributed by atoms with Gasteiger partial charge in [-0.1, -0.05) is 206 Å². The average Bonchev–Trinajstić information content (AvgIpc) is 3.21. The average molecular weight is 818 g/mol. The highest BCUT2D eigenvalue weighted by molar-refractivity contribution is 5.80. The van der Waals surface area contributed by atoms with Gasteiger partial charge in [0.2, 0.25) is 5.91 Å². The standard InChI is InChI=1S/C46H91NO10/c1-3-5-7-9-11-13-14-15-16-17-18-19-20-21-22-23-24-26-28-30-32-34-39(50)45(55)47-37(36-56-46-44(54)43(53)42(52)40(35-48)57-46)41(51)38(49)33-31-29-27-25-12-10-8-6-4-2/h37-44,46,48-54H,3-36H2,1-2H3,(H,47,55). The zero-order valence-electron chi connectivity index (χ0n) is 36.6. The molecule has 11 heteroatoms. The van der Waals surface area contributed by atoms with Gasteiger partial charge in [-0.2, -0.15) is 0 Å². The molecule has 1 heterocycles. The molecule has 1 fully saturated rings. The van der Waals surface area contributed by atoms with Gasteiger partial charge in [-0.25, -0.2) is 0 Å². The molecule has 9 atom stereocenters. The van der Waals surface area contributed by atoms with Crippen molar-refractivity contribution >= 4 is 5.91 Å². The molecule has 1 rings (SSSR count). The summed E-state index contributed by atoms with van der Waals surface area (Å²) in [5.74, 6) is -0.695. The van der Waals surface area contributed by atoms with Crippen molar-refractivity contribution in [1.82, 2.24) is 5.32 Å². The van der Waals surface area contributed by atoms with Gasteiger partial charge in [-0.05, 0) is 12.8 Å². The molecule has 0 radical (unpaired) electrons. The maximum absolute atomic E-state index is 13.1. The Labute approximate surface area is 348 Å². The first-order valence-corrected chi connectivity index (χ1v) is 23.9. The number of hydrogen-bond donors (Lipinski definition) is 8. The number of rotatable bonds is 40. The number of ether oxygens (including phenoxy) is 2. The second-order valence-corrected chi connectivity index (χ2v) is 17.2. The molecule has 0 saturated carbocycles. The fourth-order valence-electron chi connectivity index (χ4n) is 7.91. The zero-order chi connectivity index (χ0) is 41.9. The molecule has 0 bridgehead atoms. The third-order valence-electron chi connectivity index (χ3n) is 11.9. The molecule has 9 unspecified atom stereocenters. The van der Waals surface area contributed by atoms with Crippen LogP contribution in [0, 0.1) is 0 Å². The quantitative estimate of drug-likeness (QED) is 0.0283. The molecular weight excluding hydrogens is 727 g/mol. The van der Waals surface area contributed by atoms with E-state index in [-0.39, 0.29) is 6.42 Å². The van der Waals surface area contributed by atoms with Crippen LogP contribution in [0.5, 0.6) is 0 Å². The molecular formula is C46H91NO10. The molecule has 1 aliphatic rings. The van der Waals surface area contributed by atoms with E-state index in [1.165, 1.54) is 141 Å². The third-order valence-corrected chi connectivity index (χ3v) is 11.9. The summed E-state index contributed by atoms with van der Waals surface area (Å²) >= 11 is 0. The van der Waals surface area contributed by atoms with Crippen molar-refractivity contribution in [3.63, 3.8) is 0 Å². The van der Waals surface area contributed by atoms with Gasteiger partial charge in [0, 0.05) is 0 Å². The first-order chi connectivity index (χ1) is 27.7. The van der Waals surface area contributed by atoms with Crippen molar-refractivity contribution in [2.75, 3.05) is 13.2 Å². The largest absolute Gasteiger partial charge is 0.394 e. The Morgan fingerprint density at radius 3 is 1.30 bits per heavy atom. The summed E-state index contributed by atoms with van der Waals surface area (Å²) in [5, 5.41) is 75.5. The minimum atomic E-state index is -1.65. The smallest absolute Gasteiger partial charge is 0.249 e. The van der Waals surface area contributed by atoms with Gasteiger partial charge in [0.05, 0.1) is 25.4 Å². The summed E-state index contributed by atoms with van der Waals surface area (Å²) in [6.45, 7) is 3.42. The van der Waals surface area contributed by atoms with Crippen molar-refractivity contribution in [3.05, 3.63) is 0 Å². The number of unbranched alkanes of at least 4 members (excludes halogenated alkanes) is 28. The summed E-state index contributed by atoms with van der Waals surface area (Å²) in [6, 6.07) is -1.16. The first-order valence-electron chi connectivity index (χ1n) is 23.9. The van der Waals surface area contributed by atoms with E-state index in [0.29, 0.717) is 19.3 Å². The molecule has 0 aliphatic carbocycles. The summed E-state index contributed by atoms with van der Waals surface area (Å²) in [5.41, 5.74) is 0. The van der Waals surface area contributed by atoms with E-state index >= 15 is 0 Å². The van der Waals surface area contributed by atoms with Crippen LogP contribution < -0.4 is 5.32 Å². The lowest BCUT2D eigenvalue weighted by Crippen LogP contribution is -2.60. The predicted molar refractivity (Wildman–Crippen MR) is 229 cm³/mol. The SMILES string of the molecule is CCCCCCCCCCCCCCCCCCCCCCCC(O)C(=O)NC(COC1OC(CO)C(O)C(O)C1O)C(O)C(O)CCCCCCCCCCC. The predicted octanol–water partition coefficient (Wildman–Crippen LogP) is 7.89. The van der Waals surface area contributed by atoms with Crippen LogP contribution in [0.3, 0.4) is 0 Å². The molecule has 1 aliphatic heterocycles. The molecule has 57 heavy (non-hydrogen) atoms. The van der Waals surface area contributed by atoms with Crippen LogP contribution in [0.2, 0.25) is 0 Å². The van der Waals surface area contributed by atoms with Crippen molar-refractivity contribution in [2.45, 2.75) is 274 Å². The lowest BCUT2D eigenvalue weighted by Gasteiger charge is -2.40. The normalized spacial score (nSPS) is 22.0. The second kappa shape index (κ2) is 36.9. The Morgan fingerprint density at radius 1 is 0.544 bits per heavy atom. The molecule has 0 aromatic rings. The molecule has 1 amide bonds. The minimum Gasteiger partial charge on any atom is -0.394 e. The Balaban J connectivity index is 2.34. The number of aliphatic hydroxyl groups is 7. The van der Waals surface area contributed by atoms with E-state index < -0.39 is 74.2 Å². The van der Waals surface area contributed by atoms with Crippen molar-refractivity contribution in [1.29, 1.82) is 0 Å². The Bertz CT molecular complexity index is 897. The van der Waals surface area contributed by atoms with Crippen LogP contribution in [0.4, 0.5) is 0 Å². The number of carbonyl (C=O) groups is 1. The molecule has 8 N–H and O–H groups in total. The maximum atomic E-state index is 13.1. The number of hydrogen-bond acceptors (Lipinski definition) is 10. The molecule has 0 spiro atoms. The van der Waals surface area contributed by atoms with E-state index in [1.54, 1.807) is 0 Å². The van der Waals surface area contributed by atoms with Crippen LogP contribution in [0.25, 0.3) is 0 Å².